The van der Waals surface area contributed by atoms with Crippen LogP contribution in [0.4, 0.5) is 4.79 Å². The summed E-state index contributed by atoms with van der Waals surface area (Å²) in [5.74, 6) is -0.458. The molecule has 3 heterocycles. The van der Waals surface area contributed by atoms with Crippen LogP contribution in [0, 0.1) is 5.92 Å². The molecular formula is C20H21N5O2. The van der Waals surface area contributed by atoms with E-state index in [1.807, 2.05) is 31.3 Å². The van der Waals surface area contributed by atoms with E-state index >= 15 is 0 Å². The number of fused-ring (bicyclic) bond motifs is 2. The molecule has 4 rings (SSSR count). The highest BCUT2D eigenvalue weighted by Crippen LogP contribution is 2.25. The molecule has 0 saturated carbocycles. The monoisotopic (exact) mass is 363 g/mol. The number of nitrogens with one attached hydrogen (secondary N) is 1. The fourth-order valence-electron chi connectivity index (χ4n) is 3.62. The number of H-pyrrole nitrogens is 1. The van der Waals surface area contributed by atoms with Gasteiger partial charge in [0.15, 0.2) is 0 Å². The first-order valence-electron chi connectivity index (χ1n) is 8.88. The highest BCUT2D eigenvalue weighted by Gasteiger charge is 2.44. The van der Waals surface area contributed by atoms with Crippen molar-refractivity contribution in [3.05, 3.63) is 47.8 Å². The van der Waals surface area contributed by atoms with Crippen molar-refractivity contribution in [2.45, 2.75) is 13.3 Å². The van der Waals surface area contributed by atoms with Crippen LogP contribution in [0.3, 0.4) is 0 Å². The molecule has 0 radical (unpaired) electrons. The number of carbonyl (C=O) groups is 2. The summed E-state index contributed by atoms with van der Waals surface area (Å²) in [6.07, 6.45) is 4.45. The summed E-state index contributed by atoms with van der Waals surface area (Å²) >= 11 is 0. The summed E-state index contributed by atoms with van der Waals surface area (Å²) < 4.78 is 0. The van der Waals surface area contributed by atoms with Crippen LogP contribution in [0.5, 0.6) is 0 Å². The number of aliphatic imine (C=N–C) groups is 2. The summed E-state index contributed by atoms with van der Waals surface area (Å²) in [6.45, 7) is 2.45. The van der Waals surface area contributed by atoms with E-state index in [1.54, 1.807) is 13.2 Å². The Morgan fingerprint density at radius 2 is 1.96 bits per heavy atom. The maximum atomic E-state index is 12.7. The van der Waals surface area contributed by atoms with E-state index in [0.717, 1.165) is 22.4 Å². The van der Waals surface area contributed by atoms with Crippen molar-refractivity contribution in [2.24, 2.45) is 15.9 Å². The van der Waals surface area contributed by atoms with Gasteiger partial charge in [-0.2, -0.15) is 0 Å². The first-order chi connectivity index (χ1) is 13.0. The van der Waals surface area contributed by atoms with Gasteiger partial charge >= 0.3 is 6.03 Å². The summed E-state index contributed by atoms with van der Waals surface area (Å²) in [5, 5.41) is 1.19. The van der Waals surface area contributed by atoms with Crippen LogP contribution in [-0.2, 0) is 11.2 Å². The molecule has 138 valence electrons. The van der Waals surface area contributed by atoms with Crippen LogP contribution in [0.25, 0.3) is 10.9 Å². The Labute approximate surface area is 157 Å². The lowest BCUT2D eigenvalue weighted by molar-refractivity contribution is -0.128. The molecule has 7 heteroatoms. The van der Waals surface area contributed by atoms with E-state index in [4.69, 9.17) is 4.99 Å². The van der Waals surface area contributed by atoms with E-state index in [-0.39, 0.29) is 11.9 Å². The minimum atomic E-state index is -0.620. The number of urea groups is 1. The Balaban J connectivity index is 1.60. The van der Waals surface area contributed by atoms with E-state index < -0.39 is 5.92 Å². The topological polar surface area (TPSA) is 81.1 Å². The molecular weight excluding hydrogens is 342 g/mol. The molecule has 1 unspecified atom stereocenters. The second-order valence-electron chi connectivity index (χ2n) is 6.85. The Hall–Kier alpha value is -3.22. The van der Waals surface area contributed by atoms with Gasteiger partial charge in [-0.1, -0.05) is 18.2 Å². The lowest BCUT2D eigenvalue weighted by Gasteiger charge is -2.37. The van der Waals surface area contributed by atoms with E-state index in [1.165, 1.54) is 22.9 Å². The highest BCUT2D eigenvalue weighted by molar-refractivity contribution is 6.33. The number of hydrogen-bond donors (Lipinski definition) is 1. The normalized spacial score (nSPS) is 21.6. The van der Waals surface area contributed by atoms with Gasteiger partial charge in [0.2, 0.25) is 5.91 Å². The van der Waals surface area contributed by atoms with Crippen LogP contribution in [-0.4, -0.2) is 58.9 Å². The third kappa shape index (κ3) is 2.75. The van der Waals surface area contributed by atoms with Gasteiger partial charge in [0.1, 0.15) is 11.8 Å². The molecule has 0 spiro atoms. The van der Waals surface area contributed by atoms with Crippen LogP contribution < -0.4 is 0 Å². The number of imide groups is 1. The van der Waals surface area contributed by atoms with Gasteiger partial charge < -0.3 is 4.98 Å². The number of aromatic nitrogens is 1. The second-order valence-corrected chi connectivity index (χ2v) is 6.85. The van der Waals surface area contributed by atoms with E-state index in [9.17, 15) is 9.59 Å². The largest absolute Gasteiger partial charge is 0.361 e. The zero-order chi connectivity index (χ0) is 19.1. The molecule has 0 bridgehead atoms. The lowest BCUT2D eigenvalue weighted by Crippen LogP contribution is -2.59. The standard InChI is InChI=1S/C20H21N5O2/c1-12-10-23-18-16(19(26)25(3)20(27)24(18)2)17(12)21-9-8-13-11-22-15-7-5-4-6-14(13)15/h4-7,10-11,16,22H,8-9H2,1-3H3. The summed E-state index contributed by atoms with van der Waals surface area (Å²) in [6, 6.07) is 7.78. The molecule has 2 aliphatic rings. The van der Waals surface area contributed by atoms with Crippen LogP contribution in [0.2, 0.25) is 0 Å². The van der Waals surface area contributed by atoms with Crippen LogP contribution in [0.15, 0.2) is 52.2 Å². The van der Waals surface area contributed by atoms with Crippen molar-refractivity contribution >= 4 is 34.4 Å². The molecule has 1 saturated heterocycles. The van der Waals surface area contributed by atoms with Gasteiger partial charge in [-0.25, -0.2) is 9.79 Å². The first kappa shape index (κ1) is 17.2. The predicted octanol–water partition coefficient (Wildman–Crippen LogP) is 2.61. The molecule has 1 fully saturated rings. The fraction of sp³-hybridized carbons (Fsp3) is 0.300. The van der Waals surface area contributed by atoms with Gasteiger partial charge in [0.25, 0.3) is 0 Å². The van der Waals surface area contributed by atoms with Gasteiger partial charge in [0.05, 0.1) is 5.71 Å². The zero-order valence-electron chi connectivity index (χ0n) is 15.6. The number of allylic oxidation sites excluding steroid dienone is 1. The Morgan fingerprint density at radius 3 is 2.78 bits per heavy atom. The number of amides is 3. The Kier molecular flexibility index (Phi) is 4.14. The minimum absolute atomic E-state index is 0.282. The number of para-hydroxylation sites is 1. The summed E-state index contributed by atoms with van der Waals surface area (Å²) in [4.78, 5) is 39.8. The zero-order valence-corrected chi connectivity index (χ0v) is 15.6. The maximum absolute atomic E-state index is 12.7. The minimum Gasteiger partial charge on any atom is -0.361 e. The van der Waals surface area contributed by atoms with Crippen molar-refractivity contribution in [3.63, 3.8) is 0 Å². The maximum Gasteiger partial charge on any atom is 0.331 e. The van der Waals surface area contributed by atoms with Crippen molar-refractivity contribution in [3.8, 4) is 0 Å². The fourth-order valence-corrected chi connectivity index (χ4v) is 3.62. The van der Waals surface area contributed by atoms with Crippen molar-refractivity contribution in [1.82, 2.24) is 14.8 Å². The van der Waals surface area contributed by atoms with Gasteiger partial charge in [-0.15, -0.1) is 0 Å². The molecule has 2 aromatic rings. The highest BCUT2D eigenvalue weighted by atomic mass is 16.2. The number of aromatic amines is 1. The molecule has 27 heavy (non-hydrogen) atoms. The molecule has 1 aromatic heterocycles. The third-order valence-corrected chi connectivity index (χ3v) is 5.16. The smallest absolute Gasteiger partial charge is 0.331 e. The van der Waals surface area contributed by atoms with Crippen molar-refractivity contribution in [1.29, 1.82) is 0 Å². The third-order valence-electron chi connectivity index (χ3n) is 5.16. The molecule has 1 N–H and O–H groups in total. The number of benzene rings is 1. The lowest BCUT2D eigenvalue weighted by atomic mass is 9.91. The quantitative estimate of drug-likeness (QED) is 0.909. The number of amidine groups is 1. The van der Waals surface area contributed by atoms with E-state index in [0.29, 0.717) is 18.1 Å². The Morgan fingerprint density at radius 1 is 1.19 bits per heavy atom. The molecule has 1 aromatic carbocycles. The van der Waals surface area contributed by atoms with Crippen LogP contribution >= 0.6 is 0 Å². The van der Waals surface area contributed by atoms with Gasteiger partial charge in [-0.3, -0.25) is 19.6 Å². The average molecular weight is 363 g/mol. The molecule has 7 nitrogen and oxygen atoms in total. The second kappa shape index (κ2) is 6.50. The number of rotatable bonds is 3. The number of hydrogen-bond acceptors (Lipinski definition) is 4. The molecule has 0 aliphatic carbocycles. The van der Waals surface area contributed by atoms with Crippen molar-refractivity contribution < 1.29 is 9.59 Å². The van der Waals surface area contributed by atoms with Crippen molar-refractivity contribution in [2.75, 3.05) is 20.6 Å². The Bertz CT molecular complexity index is 1030. The average Bonchev–Trinajstić information content (AvgIpc) is 3.09. The number of nitrogens with zero attached hydrogens (tertiary/aromatic N) is 4. The van der Waals surface area contributed by atoms with Gasteiger partial charge in [-0.05, 0) is 30.5 Å². The molecule has 1 atom stereocenters. The predicted molar refractivity (Wildman–Crippen MR) is 105 cm³/mol. The molecule has 3 amide bonds. The van der Waals surface area contributed by atoms with Crippen LogP contribution in [0.1, 0.15) is 12.5 Å². The summed E-state index contributed by atoms with van der Waals surface area (Å²) in [5.41, 5.74) is 3.84. The van der Waals surface area contributed by atoms with E-state index in [2.05, 4.69) is 16.0 Å². The number of carbonyl (C=O) groups excluding carboxylic acids is 2. The SMILES string of the molecule is CC1=CN=C2C(C(=O)N(C)C(=O)N2C)C1=NCCc1c[nH]c2ccccc12. The van der Waals surface area contributed by atoms with Gasteiger partial charge in [0, 0.05) is 43.9 Å². The first-order valence-corrected chi connectivity index (χ1v) is 8.88. The summed E-state index contributed by atoms with van der Waals surface area (Å²) in [7, 11) is 3.13. The molecule has 2 aliphatic heterocycles.